The molecule has 1 aromatic rings. The molecule has 1 heterocycles. The van der Waals surface area contributed by atoms with Crippen LogP contribution < -0.4 is 4.74 Å². The van der Waals surface area contributed by atoms with Gasteiger partial charge in [-0.15, -0.1) is 0 Å². The van der Waals surface area contributed by atoms with Gasteiger partial charge in [0.05, 0.1) is 29.1 Å². The number of benzene rings is 1. The van der Waals surface area contributed by atoms with E-state index in [1.165, 1.54) is 6.21 Å². The van der Waals surface area contributed by atoms with Crippen LogP contribution in [0.25, 0.3) is 0 Å². The van der Waals surface area contributed by atoms with Crippen LogP contribution in [0.4, 0.5) is 0 Å². The Morgan fingerprint density at radius 2 is 1.85 bits per heavy atom. The van der Waals surface area contributed by atoms with Gasteiger partial charge in [-0.05, 0) is 70.6 Å². The third-order valence-corrected chi connectivity index (χ3v) is 6.92. The molecule has 3 fully saturated rings. The highest BCUT2D eigenvalue weighted by Gasteiger charge is 2.67. The average molecular weight is 431 g/mol. The maximum absolute atomic E-state index is 12.9. The molecule has 1 saturated heterocycles. The van der Waals surface area contributed by atoms with E-state index in [0.29, 0.717) is 34.2 Å². The Balaban J connectivity index is 1.42. The minimum absolute atomic E-state index is 0.00946. The zero-order chi connectivity index (χ0) is 18.9. The Morgan fingerprint density at radius 1 is 1.22 bits per heavy atom. The van der Waals surface area contributed by atoms with Crippen molar-refractivity contribution in [2.75, 3.05) is 6.61 Å². The smallest absolute Gasteiger partial charge is 0.254 e. The van der Waals surface area contributed by atoms with Crippen molar-refractivity contribution in [3.05, 3.63) is 34.3 Å². The number of imide groups is 1. The number of carbonyl (C=O) groups excluding carboxylic acids is 2. The highest BCUT2D eigenvalue weighted by atomic mass is 79.9. The summed E-state index contributed by atoms with van der Waals surface area (Å²) in [7, 11) is 0. The van der Waals surface area contributed by atoms with E-state index in [0.717, 1.165) is 11.4 Å². The van der Waals surface area contributed by atoms with E-state index < -0.39 is 0 Å². The fourth-order valence-corrected chi connectivity index (χ4v) is 5.57. The summed E-state index contributed by atoms with van der Waals surface area (Å²) in [6.07, 6.45) is 6.89. The summed E-state index contributed by atoms with van der Waals surface area (Å²) >= 11 is 3.28. The number of carbonyl (C=O) groups is 2. The van der Waals surface area contributed by atoms with Crippen molar-refractivity contribution in [3.8, 4) is 11.5 Å². The van der Waals surface area contributed by atoms with Crippen LogP contribution in [-0.4, -0.2) is 34.8 Å². The number of hydrogen-bond donors (Lipinski definition) is 1. The van der Waals surface area contributed by atoms with Gasteiger partial charge in [-0.3, -0.25) is 9.59 Å². The third kappa shape index (κ3) is 2.40. The maximum atomic E-state index is 12.9. The van der Waals surface area contributed by atoms with E-state index in [-0.39, 0.29) is 41.2 Å². The first-order chi connectivity index (χ1) is 13.0. The predicted octanol–water partition coefficient (Wildman–Crippen LogP) is 2.94. The molecule has 7 heteroatoms. The van der Waals surface area contributed by atoms with Gasteiger partial charge in [0.1, 0.15) is 0 Å². The number of nitrogens with zero attached hydrogens (tertiary/aromatic N) is 2. The van der Waals surface area contributed by atoms with E-state index >= 15 is 0 Å². The van der Waals surface area contributed by atoms with Crippen LogP contribution in [0.1, 0.15) is 18.9 Å². The quantitative estimate of drug-likeness (QED) is 0.452. The molecule has 1 N–H and O–H groups in total. The van der Waals surface area contributed by atoms with Gasteiger partial charge in [0.25, 0.3) is 11.8 Å². The number of allylic oxidation sites excluding steroid dienone is 2. The van der Waals surface area contributed by atoms with E-state index in [1.807, 2.05) is 6.92 Å². The summed E-state index contributed by atoms with van der Waals surface area (Å²) in [6.45, 7) is 2.23. The topological polar surface area (TPSA) is 79.2 Å². The molecular formula is C20H19BrN2O4. The summed E-state index contributed by atoms with van der Waals surface area (Å²) in [6, 6.07) is 3.30. The molecule has 1 aromatic carbocycles. The number of ether oxygens (including phenoxy) is 1. The van der Waals surface area contributed by atoms with Crippen LogP contribution in [0.2, 0.25) is 0 Å². The van der Waals surface area contributed by atoms with Gasteiger partial charge in [0.15, 0.2) is 11.5 Å². The normalized spacial score (nSPS) is 35.7. The number of amides is 2. The second kappa shape index (κ2) is 5.92. The molecule has 140 valence electrons. The Bertz CT molecular complexity index is 875. The lowest BCUT2D eigenvalue weighted by atomic mass is 9.63. The standard InChI is InChI=1S/C20H19BrN2O4/c1-2-27-15-6-9(5-14(21)18(15)24)8-22-23-19(25)16-10-3-4-11(13-7-12(10)13)17(16)20(23)26/h3-6,8,10-13,16-17,24H,2,7H2,1H3/b22-8-/t10-,11-,12-,13+,16+,17-/m1/s1. The molecular weight excluding hydrogens is 412 g/mol. The molecule has 0 radical (unpaired) electrons. The molecule has 5 aliphatic rings. The summed E-state index contributed by atoms with van der Waals surface area (Å²) in [5.41, 5.74) is 0.627. The first-order valence-electron chi connectivity index (χ1n) is 9.26. The average Bonchev–Trinajstić information content (AvgIpc) is 3.43. The van der Waals surface area contributed by atoms with Crippen LogP contribution in [-0.2, 0) is 9.59 Å². The van der Waals surface area contributed by atoms with Gasteiger partial charge < -0.3 is 9.84 Å². The van der Waals surface area contributed by atoms with Gasteiger partial charge in [-0.25, -0.2) is 0 Å². The van der Waals surface area contributed by atoms with Crippen molar-refractivity contribution in [3.63, 3.8) is 0 Å². The van der Waals surface area contributed by atoms with Gasteiger partial charge in [-0.2, -0.15) is 10.1 Å². The molecule has 6 atom stereocenters. The van der Waals surface area contributed by atoms with Crippen LogP contribution >= 0.6 is 15.9 Å². The first kappa shape index (κ1) is 17.0. The van der Waals surface area contributed by atoms with Crippen LogP contribution in [0.3, 0.4) is 0 Å². The van der Waals surface area contributed by atoms with Crippen LogP contribution in [0.5, 0.6) is 11.5 Å². The number of halogens is 1. The zero-order valence-corrected chi connectivity index (χ0v) is 16.3. The molecule has 2 saturated carbocycles. The molecule has 6 rings (SSSR count). The predicted molar refractivity (Wildman–Crippen MR) is 101 cm³/mol. The molecule has 0 spiro atoms. The first-order valence-corrected chi connectivity index (χ1v) is 10.1. The number of hydrogen-bond acceptors (Lipinski definition) is 5. The van der Waals surface area contributed by atoms with E-state index in [2.05, 4.69) is 33.2 Å². The third-order valence-electron chi connectivity index (χ3n) is 6.31. The number of aromatic hydroxyl groups is 1. The Hall–Kier alpha value is -2.15. The largest absolute Gasteiger partial charge is 0.503 e. The van der Waals surface area contributed by atoms with Gasteiger partial charge in [0.2, 0.25) is 0 Å². The van der Waals surface area contributed by atoms with E-state index in [1.54, 1.807) is 12.1 Å². The molecule has 6 nitrogen and oxygen atoms in total. The SMILES string of the molecule is CCOc1cc(/C=N\N2C(=O)[C@@H]3[C@@H]4C=C[C@H]([C@H]5C[C@@H]45)[C@@H]3C2=O)cc(Br)c1O. The van der Waals surface area contributed by atoms with Crippen molar-refractivity contribution < 1.29 is 19.4 Å². The lowest BCUT2D eigenvalue weighted by Gasteiger charge is -2.37. The molecule has 0 aromatic heterocycles. The van der Waals surface area contributed by atoms with Crippen molar-refractivity contribution in [1.82, 2.24) is 5.01 Å². The van der Waals surface area contributed by atoms with Gasteiger partial charge in [0, 0.05) is 0 Å². The Labute approximate surface area is 165 Å². The van der Waals surface area contributed by atoms with E-state index in [4.69, 9.17) is 4.74 Å². The molecule has 27 heavy (non-hydrogen) atoms. The minimum atomic E-state index is -0.251. The number of hydrazone groups is 1. The van der Waals surface area contributed by atoms with Crippen molar-refractivity contribution in [2.45, 2.75) is 13.3 Å². The maximum Gasteiger partial charge on any atom is 0.254 e. The Kier molecular flexibility index (Phi) is 3.73. The fraction of sp³-hybridized carbons (Fsp3) is 0.450. The highest BCUT2D eigenvalue weighted by molar-refractivity contribution is 9.10. The number of phenols is 1. The summed E-state index contributed by atoms with van der Waals surface area (Å²) < 4.78 is 5.87. The zero-order valence-electron chi connectivity index (χ0n) is 14.7. The monoisotopic (exact) mass is 430 g/mol. The summed E-state index contributed by atoms with van der Waals surface area (Å²) in [5, 5.41) is 15.3. The van der Waals surface area contributed by atoms with Crippen LogP contribution in [0, 0.1) is 35.5 Å². The van der Waals surface area contributed by atoms with Crippen LogP contribution in [0.15, 0.2) is 33.9 Å². The lowest BCUT2D eigenvalue weighted by Crippen LogP contribution is -2.40. The van der Waals surface area contributed by atoms with Gasteiger partial charge >= 0.3 is 0 Å². The highest BCUT2D eigenvalue weighted by Crippen LogP contribution is 2.65. The number of phenolic OH excluding ortho intramolecular Hbond substituents is 1. The minimum Gasteiger partial charge on any atom is -0.503 e. The summed E-state index contributed by atoms with van der Waals surface area (Å²) in [4.78, 5) is 25.8. The van der Waals surface area contributed by atoms with Crippen molar-refractivity contribution in [2.24, 2.45) is 40.6 Å². The second-order valence-corrected chi connectivity index (χ2v) is 8.52. The Morgan fingerprint density at radius 3 is 2.44 bits per heavy atom. The molecule has 2 amide bonds. The number of rotatable bonds is 4. The molecule has 1 aliphatic heterocycles. The van der Waals surface area contributed by atoms with E-state index in [9.17, 15) is 14.7 Å². The molecule has 0 unspecified atom stereocenters. The molecule has 4 aliphatic carbocycles. The molecule has 2 bridgehead atoms. The fourth-order valence-electron chi connectivity index (χ4n) is 5.11. The lowest BCUT2D eigenvalue weighted by molar-refractivity contribution is -0.140. The summed E-state index contributed by atoms with van der Waals surface area (Å²) in [5.74, 6) is 0.981. The van der Waals surface area contributed by atoms with Crippen molar-refractivity contribution in [1.29, 1.82) is 0 Å². The van der Waals surface area contributed by atoms with Gasteiger partial charge in [-0.1, -0.05) is 12.2 Å². The second-order valence-electron chi connectivity index (χ2n) is 7.67. The van der Waals surface area contributed by atoms with Crippen molar-refractivity contribution >= 4 is 34.0 Å².